The van der Waals surface area contributed by atoms with Crippen LogP contribution in [-0.4, -0.2) is 18.1 Å². The number of rotatable bonds is 3. The topological polar surface area (TPSA) is 59.2 Å². The zero-order valence-corrected chi connectivity index (χ0v) is 10.4. The van der Waals surface area contributed by atoms with Gasteiger partial charge in [-0.05, 0) is 18.1 Å². The van der Waals surface area contributed by atoms with Crippen molar-refractivity contribution in [1.29, 1.82) is 0 Å². The summed E-state index contributed by atoms with van der Waals surface area (Å²) in [6.07, 6.45) is 3.32. The number of hydrogen-bond donors (Lipinski definition) is 1. The maximum atomic E-state index is 12.2. The van der Waals surface area contributed by atoms with Crippen LogP contribution in [0.5, 0.6) is 0 Å². The molecule has 0 radical (unpaired) electrons. The van der Waals surface area contributed by atoms with E-state index in [1.165, 1.54) is 13.3 Å². The van der Waals surface area contributed by atoms with Gasteiger partial charge in [-0.25, -0.2) is 4.79 Å². The number of carbonyl (C=O) groups excluding carboxylic acids is 1. The van der Waals surface area contributed by atoms with E-state index in [9.17, 15) is 9.59 Å². The van der Waals surface area contributed by atoms with Crippen LogP contribution in [0, 0.1) is 0 Å². The summed E-state index contributed by atoms with van der Waals surface area (Å²) >= 11 is 0. The van der Waals surface area contributed by atoms with E-state index < -0.39 is 5.97 Å². The highest BCUT2D eigenvalue weighted by Crippen LogP contribution is 2.15. The lowest BCUT2D eigenvalue weighted by molar-refractivity contribution is 0.0599. The number of nitrogens with one attached hydrogen (secondary N) is 1. The molecule has 1 aromatic heterocycles. The molecule has 0 amide bonds. The molecule has 1 N–H and O–H groups in total. The summed E-state index contributed by atoms with van der Waals surface area (Å²) in [5, 5.41) is 0.531. The highest BCUT2D eigenvalue weighted by molar-refractivity contribution is 5.94. The van der Waals surface area contributed by atoms with E-state index in [1.807, 2.05) is 12.1 Å². The molecule has 4 heteroatoms. The predicted molar refractivity (Wildman–Crippen MR) is 69.9 cm³/mol. The lowest BCUT2D eigenvalue weighted by Crippen LogP contribution is -2.17. The molecule has 94 valence electrons. The van der Waals surface area contributed by atoms with Gasteiger partial charge < -0.3 is 9.72 Å². The molecule has 2 aromatic rings. The number of ether oxygens (including phenoxy) is 1. The Morgan fingerprint density at radius 2 is 2.17 bits per heavy atom. The van der Waals surface area contributed by atoms with Crippen LogP contribution in [0.15, 0.2) is 29.2 Å². The molecule has 0 atom stereocenters. The van der Waals surface area contributed by atoms with Gasteiger partial charge in [-0.2, -0.15) is 0 Å². The zero-order valence-electron chi connectivity index (χ0n) is 10.4. The van der Waals surface area contributed by atoms with Gasteiger partial charge in [0.25, 0.3) is 0 Å². The van der Waals surface area contributed by atoms with E-state index in [-0.39, 0.29) is 11.0 Å². The average Bonchev–Trinajstić information content (AvgIpc) is 2.39. The second-order valence-electron chi connectivity index (χ2n) is 4.11. The molecule has 0 unspecified atom stereocenters. The van der Waals surface area contributed by atoms with Crippen molar-refractivity contribution in [3.05, 3.63) is 45.7 Å². The molecule has 0 saturated heterocycles. The summed E-state index contributed by atoms with van der Waals surface area (Å²) in [5.74, 6) is -0.612. The fraction of sp³-hybridized carbons (Fsp3) is 0.286. The monoisotopic (exact) mass is 245 g/mol. The Bertz CT molecular complexity index is 643. The molecule has 2 rings (SSSR count). The molecule has 0 bridgehead atoms. The fourth-order valence-electron chi connectivity index (χ4n) is 2.05. The zero-order chi connectivity index (χ0) is 13.1. The van der Waals surface area contributed by atoms with Crippen LogP contribution in [0.25, 0.3) is 10.9 Å². The van der Waals surface area contributed by atoms with Crippen LogP contribution >= 0.6 is 0 Å². The summed E-state index contributed by atoms with van der Waals surface area (Å²) < 4.78 is 4.58. The Balaban J connectivity index is 2.69. The first-order valence-corrected chi connectivity index (χ1v) is 5.90. The normalized spacial score (nSPS) is 10.6. The van der Waals surface area contributed by atoms with Crippen LogP contribution in [-0.2, 0) is 11.2 Å². The number of para-hydroxylation sites is 1. The number of hydrogen-bond acceptors (Lipinski definition) is 3. The van der Waals surface area contributed by atoms with Crippen LogP contribution in [0.3, 0.4) is 0 Å². The van der Waals surface area contributed by atoms with Crippen LogP contribution in [0.2, 0.25) is 0 Å². The van der Waals surface area contributed by atoms with Crippen molar-refractivity contribution in [2.75, 3.05) is 7.11 Å². The third-order valence-electron chi connectivity index (χ3n) is 2.93. The fourth-order valence-corrected chi connectivity index (χ4v) is 2.05. The second kappa shape index (κ2) is 5.04. The third-order valence-corrected chi connectivity index (χ3v) is 2.93. The minimum absolute atomic E-state index is 0.0404. The highest BCUT2D eigenvalue weighted by Gasteiger charge is 2.13. The lowest BCUT2D eigenvalue weighted by Gasteiger charge is -2.06. The smallest absolute Gasteiger partial charge is 0.343 e. The molecule has 0 fully saturated rings. The molecule has 0 aliphatic heterocycles. The number of pyridine rings is 1. The number of fused-ring (bicyclic) bond motifs is 1. The van der Waals surface area contributed by atoms with Gasteiger partial charge in [-0.15, -0.1) is 0 Å². The molecule has 0 saturated carbocycles. The van der Waals surface area contributed by atoms with Crippen LogP contribution < -0.4 is 5.43 Å². The summed E-state index contributed by atoms with van der Waals surface area (Å²) in [4.78, 5) is 26.6. The average molecular weight is 245 g/mol. The van der Waals surface area contributed by atoms with Gasteiger partial charge in [0.15, 0.2) is 0 Å². The van der Waals surface area contributed by atoms with E-state index in [2.05, 4.69) is 16.6 Å². The molecule has 0 spiro atoms. The summed E-state index contributed by atoms with van der Waals surface area (Å²) in [7, 11) is 1.26. The van der Waals surface area contributed by atoms with Crippen molar-refractivity contribution in [1.82, 2.24) is 4.98 Å². The number of methoxy groups -OCH3 is 1. The first kappa shape index (κ1) is 12.4. The number of aromatic amines is 1. The molecule has 1 heterocycles. The van der Waals surface area contributed by atoms with Gasteiger partial charge in [-0.1, -0.05) is 25.5 Å². The van der Waals surface area contributed by atoms with Gasteiger partial charge >= 0.3 is 5.97 Å². The third kappa shape index (κ3) is 2.01. The number of esters is 1. The molecular formula is C14H15NO3. The number of H-pyrrole nitrogens is 1. The number of benzene rings is 1. The van der Waals surface area contributed by atoms with E-state index in [0.717, 1.165) is 23.9 Å². The largest absolute Gasteiger partial charge is 0.465 e. The Kier molecular flexibility index (Phi) is 3.46. The number of aromatic nitrogens is 1. The van der Waals surface area contributed by atoms with Crippen molar-refractivity contribution in [2.45, 2.75) is 19.8 Å². The van der Waals surface area contributed by atoms with E-state index in [0.29, 0.717) is 5.39 Å². The predicted octanol–water partition coefficient (Wildman–Crippen LogP) is 2.27. The minimum Gasteiger partial charge on any atom is -0.465 e. The van der Waals surface area contributed by atoms with Crippen molar-refractivity contribution in [2.24, 2.45) is 0 Å². The Hall–Kier alpha value is -2.10. The first-order valence-electron chi connectivity index (χ1n) is 5.90. The molecule has 4 nitrogen and oxygen atoms in total. The molecule has 18 heavy (non-hydrogen) atoms. The summed E-state index contributed by atoms with van der Waals surface area (Å²) in [6, 6.07) is 5.54. The quantitative estimate of drug-likeness (QED) is 0.844. The van der Waals surface area contributed by atoms with Crippen molar-refractivity contribution < 1.29 is 9.53 Å². The molecule has 0 aliphatic carbocycles. The van der Waals surface area contributed by atoms with Gasteiger partial charge in [0, 0.05) is 11.6 Å². The van der Waals surface area contributed by atoms with E-state index >= 15 is 0 Å². The summed E-state index contributed by atoms with van der Waals surface area (Å²) in [6.45, 7) is 2.08. The number of carbonyl (C=O) groups is 1. The summed E-state index contributed by atoms with van der Waals surface area (Å²) in [5.41, 5.74) is 1.65. The van der Waals surface area contributed by atoms with Crippen LogP contribution in [0.1, 0.15) is 29.3 Å². The Morgan fingerprint density at radius 3 is 2.83 bits per heavy atom. The molecule has 0 aliphatic rings. The lowest BCUT2D eigenvalue weighted by atomic mass is 10.0. The Morgan fingerprint density at radius 1 is 1.39 bits per heavy atom. The van der Waals surface area contributed by atoms with Gasteiger partial charge in [-0.3, -0.25) is 4.79 Å². The Labute approximate surface area is 105 Å². The second-order valence-corrected chi connectivity index (χ2v) is 4.11. The van der Waals surface area contributed by atoms with Crippen molar-refractivity contribution >= 4 is 16.9 Å². The van der Waals surface area contributed by atoms with Crippen molar-refractivity contribution in [3.8, 4) is 0 Å². The van der Waals surface area contributed by atoms with Gasteiger partial charge in [0.2, 0.25) is 5.43 Å². The maximum Gasteiger partial charge on any atom is 0.343 e. The minimum atomic E-state index is -0.612. The molecular weight excluding hydrogens is 230 g/mol. The first-order chi connectivity index (χ1) is 8.69. The highest BCUT2D eigenvalue weighted by atomic mass is 16.5. The van der Waals surface area contributed by atoms with Crippen LogP contribution in [0.4, 0.5) is 0 Å². The SMILES string of the molecule is CCCc1cccc2c(=O)c(C(=O)OC)c[nH]c12. The van der Waals surface area contributed by atoms with Crippen molar-refractivity contribution in [3.63, 3.8) is 0 Å². The number of aryl methyl sites for hydroxylation is 1. The van der Waals surface area contributed by atoms with E-state index in [4.69, 9.17) is 0 Å². The van der Waals surface area contributed by atoms with Gasteiger partial charge in [0.05, 0.1) is 12.6 Å². The maximum absolute atomic E-state index is 12.2. The standard InChI is InChI=1S/C14H15NO3/c1-3-5-9-6-4-7-10-12(9)15-8-11(13(10)16)14(17)18-2/h4,6-8H,3,5H2,1-2H3,(H,15,16). The van der Waals surface area contributed by atoms with Gasteiger partial charge in [0.1, 0.15) is 5.56 Å². The van der Waals surface area contributed by atoms with E-state index in [1.54, 1.807) is 6.07 Å². The molecule has 1 aromatic carbocycles.